The topological polar surface area (TPSA) is 104 Å². The van der Waals surface area contributed by atoms with Crippen LogP contribution in [0.4, 0.5) is 13.2 Å². The highest BCUT2D eigenvalue weighted by molar-refractivity contribution is 6.30. The second-order valence-corrected chi connectivity index (χ2v) is 12.1. The molecule has 4 heterocycles. The third kappa shape index (κ3) is 6.78. The van der Waals surface area contributed by atoms with Crippen molar-refractivity contribution in [3.8, 4) is 29.0 Å². The van der Waals surface area contributed by atoms with Gasteiger partial charge in [-0.05, 0) is 60.5 Å². The predicted molar refractivity (Wildman–Crippen MR) is 178 cm³/mol. The van der Waals surface area contributed by atoms with Crippen molar-refractivity contribution in [1.82, 2.24) is 24.3 Å². The van der Waals surface area contributed by atoms with Crippen LogP contribution in [0.3, 0.4) is 0 Å². The van der Waals surface area contributed by atoms with Gasteiger partial charge >= 0.3 is 5.97 Å². The summed E-state index contributed by atoms with van der Waals surface area (Å²) >= 11 is 6.12. The Hall–Kier alpha value is -5.64. The molecule has 0 radical (unpaired) electrons. The number of hydrogen-bond acceptors (Lipinski definition) is 6. The van der Waals surface area contributed by atoms with Crippen LogP contribution in [0.2, 0.25) is 5.15 Å². The van der Waals surface area contributed by atoms with Crippen LogP contribution in [0.15, 0.2) is 72.9 Å². The highest BCUT2D eigenvalue weighted by Crippen LogP contribution is 2.29. The van der Waals surface area contributed by atoms with Gasteiger partial charge in [0.25, 0.3) is 0 Å². The summed E-state index contributed by atoms with van der Waals surface area (Å²) in [6.45, 7) is 0.858. The maximum Gasteiger partial charge on any atom is 0.335 e. The number of aryl methyl sites for hydroxylation is 1. The van der Waals surface area contributed by atoms with Crippen molar-refractivity contribution in [3.05, 3.63) is 129 Å². The summed E-state index contributed by atoms with van der Waals surface area (Å²) < 4.78 is 60.6. The van der Waals surface area contributed by atoms with Gasteiger partial charge in [-0.3, -0.25) is 4.68 Å². The van der Waals surface area contributed by atoms with Crippen LogP contribution in [-0.4, -0.2) is 48.1 Å². The molecule has 0 aliphatic carbocycles. The quantitative estimate of drug-likeness (QED) is 0.163. The summed E-state index contributed by atoms with van der Waals surface area (Å²) in [5, 5.41) is 13.9. The molecule has 7 rings (SSSR count). The molecule has 1 N–H and O–H groups in total. The third-order valence-electron chi connectivity index (χ3n) is 8.37. The van der Waals surface area contributed by atoms with Crippen molar-refractivity contribution in [2.24, 2.45) is 7.05 Å². The number of aromatic nitrogens is 5. The number of carboxylic acids is 1. The molecular weight excluding hydrogens is 671 g/mol. The second kappa shape index (κ2) is 13.7. The zero-order valence-corrected chi connectivity index (χ0v) is 27.2. The van der Waals surface area contributed by atoms with Gasteiger partial charge in [0.05, 0.1) is 46.7 Å². The van der Waals surface area contributed by atoms with E-state index in [-0.39, 0.29) is 53.0 Å². The lowest BCUT2D eigenvalue weighted by Crippen LogP contribution is -2.31. The maximum absolute atomic E-state index is 15.6. The van der Waals surface area contributed by atoms with Crippen LogP contribution in [-0.2, 0) is 31.4 Å². The molecule has 0 unspecified atom stereocenters. The first-order valence-electron chi connectivity index (χ1n) is 15.5. The van der Waals surface area contributed by atoms with Crippen LogP contribution in [0.5, 0.6) is 5.88 Å². The fourth-order valence-corrected chi connectivity index (χ4v) is 5.69. The first-order chi connectivity index (χ1) is 24.1. The normalized spacial score (nSPS) is 13.9. The first-order valence-corrected chi connectivity index (χ1v) is 15.9. The van der Waals surface area contributed by atoms with E-state index in [0.29, 0.717) is 46.3 Å². The number of rotatable bonds is 9. The fraction of sp³-hybridized carbons (Fsp3) is 0.189. The van der Waals surface area contributed by atoms with Gasteiger partial charge in [-0.1, -0.05) is 35.6 Å². The molecule has 0 amide bonds. The van der Waals surface area contributed by atoms with Gasteiger partial charge < -0.3 is 19.1 Å². The number of aromatic carboxylic acids is 1. The SMILES string of the molecule is Cn1ncc(C#Cc2ccc(COc3cccc(-c4cc(F)c(Cc5nc6ccc(C(=O)O)cc6n5C[C@@H]5CCO5)cc4F)n3)c(F)c2)c1Cl. The average molecular weight is 698 g/mol. The van der Waals surface area contributed by atoms with Gasteiger partial charge in [0, 0.05) is 42.8 Å². The molecule has 13 heteroatoms. The minimum absolute atomic E-state index is 0.0451. The van der Waals surface area contributed by atoms with Crippen LogP contribution >= 0.6 is 11.6 Å². The Bertz CT molecular complexity index is 2340. The van der Waals surface area contributed by atoms with Crippen LogP contribution in [0, 0.1) is 29.3 Å². The third-order valence-corrected chi connectivity index (χ3v) is 8.82. The smallest absolute Gasteiger partial charge is 0.335 e. The number of fused-ring (bicyclic) bond motifs is 1. The van der Waals surface area contributed by atoms with Crippen molar-refractivity contribution < 1.29 is 32.5 Å². The average Bonchev–Trinajstić information content (AvgIpc) is 3.59. The molecule has 9 nitrogen and oxygen atoms in total. The Kier molecular flexibility index (Phi) is 9.01. The minimum atomic E-state index is -1.08. The molecule has 1 aliphatic rings. The Morgan fingerprint density at radius 2 is 1.84 bits per heavy atom. The molecule has 1 atom stereocenters. The van der Waals surface area contributed by atoms with E-state index in [1.54, 1.807) is 31.3 Å². The number of imidazole rings is 1. The van der Waals surface area contributed by atoms with Crippen molar-refractivity contribution in [2.45, 2.75) is 32.1 Å². The van der Waals surface area contributed by atoms with E-state index in [1.807, 2.05) is 4.57 Å². The number of halogens is 4. The summed E-state index contributed by atoms with van der Waals surface area (Å²) in [4.78, 5) is 20.6. The van der Waals surface area contributed by atoms with E-state index in [0.717, 1.165) is 18.6 Å². The largest absolute Gasteiger partial charge is 0.478 e. The molecule has 1 saturated heterocycles. The molecule has 6 aromatic rings. The number of carboxylic acid groups (broad SMARTS) is 1. The number of carbonyl (C=O) groups is 1. The molecular formula is C37H27ClF3N5O4. The van der Waals surface area contributed by atoms with Gasteiger partial charge in [0.2, 0.25) is 5.88 Å². The summed E-state index contributed by atoms with van der Waals surface area (Å²) in [6, 6.07) is 15.9. The Balaban J connectivity index is 1.08. The lowest BCUT2D eigenvalue weighted by molar-refractivity contribution is -0.0589. The Morgan fingerprint density at radius 3 is 2.56 bits per heavy atom. The zero-order valence-electron chi connectivity index (χ0n) is 26.5. The highest BCUT2D eigenvalue weighted by atomic mass is 35.5. The van der Waals surface area contributed by atoms with Gasteiger partial charge in [-0.15, -0.1) is 0 Å². The molecule has 3 aromatic heterocycles. The number of hydrogen-bond donors (Lipinski definition) is 1. The van der Waals surface area contributed by atoms with Crippen LogP contribution < -0.4 is 4.74 Å². The summed E-state index contributed by atoms with van der Waals surface area (Å²) in [5.41, 5.74) is 2.52. The van der Waals surface area contributed by atoms with Crippen LogP contribution in [0.1, 0.15) is 44.9 Å². The van der Waals surface area contributed by atoms with E-state index >= 15 is 8.78 Å². The lowest BCUT2D eigenvalue weighted by atomic mass is 10.0. The molecule has 0 bridgehead atoms. The fourth-order valence-electron chi connectivity index (χ4n) is 5.55. The monoisotopic (exact) mass is 697 g/mol. The van der Waals surface area contributed by atoms with Gasteiger partial charge in [-0.25, -0.2) is 27.9 Å². The Morgan fingerprint density at radius 1 is 1.02 bits per heavy atom. The van der Waals surface area contributed by atoms with E-state index in [1.165, 1.54) is 41.2 Å². The number of nitrogens with zero attached hydrogens (tertiary/aromatic N) is 5. The number of benzene rings is 3. The van der Waals surface area contributed by atoms with Gasteiger partial charge in [-0.2, -0.15) is 5.10 Å². The standard InChI is InChI=1S/C37H27ClF3N5O4/c1-45-36(38)23(18-42-45)7-5-21-6-8-24(28(39)13-21)20-50-35-4-2-3-31(44-35)27-17-29(40)25(14-30(27)41)16-34-43-32-10-9-22(37(47)48)15-33(32)46(34)19-26-11-12-49-26/h2-4,6,8-10,13-15,17-18,26H,11-12,16,19-20H2,1H3,(H,47,48)/t26-/m0/s1. The molecule has 3 aromatic carbocycles. The molecule has 50 heavy (non-hydrogen) atoms. The van der Waals surface area contributed by atoms with Gasteiger partial charge in [0.15, 0.2) is 0 Å². The molecule has 1 fully saturated rings. The molecule has 0 saturated carbocycles. The Labute approximate surface area is 288 Å². The van der Waals surface area contributed by atoms with Crippen molar-refractivity contribution in [1.29, 1.82) is 0 Å². The summed E-state index contributed by atoms with van der Waals surface area (Å²) in [7, 11) is 1.69. The van der Waals surface area contributed by atoms with Crippen molar-refractivity contribution >= 4 is 28.6 Å². The van der Waals surface area contributed by atoms with Gasteiger partial charge in [0.1, 0.15) is 35.0 Å². The number of ether oxygens (including phenoxy) is 2. The predicted octanol–water partition coefficient (Wildman–Crippen LogP) is 6.96. The zero-order chi connectivity index (χ0) is 34.9. The summed E-state index contributed by atoms with van der Waals surface area (Å²) in [6.07, 6.45) is 2.22. The summed E-state index contributed by atoms with van der Waals surface area (Å²) in [5.74, 6) is 3.27. The highest BCUT2D eigenvalue weighted by Gasteiger charge is 2.24. The van der Waals surface area contributed by atoms with E-state index < -0.39 is 23.4 Å². The molecule has 0 spiro atoms. The van der Waals surface area contributed by atoms with E-state index in [9.17, 15) is 14.3 Å². The number of pyridine rings is 1. The minimum Gasteiger partial charge on any atom is -0.478 e. The van der Waals surface area contributed by atoms with Crippen LogP contribution in [0.25, 0.3) is 22.3 Å². The van der Waals surface area contributed by atoms with E-state index in [2.05, 4.69) is 26.9 Å². The first kappa shape index (κ1) is 32.9. The maximum atomic E-state index is 15.6. The van der Waals surface area contributed by atoms with E-state index in [4.69, 9.17) is 21.1 Å². The molecule has 1 aliphatic heterocycles. The van der Waals surface area contributed by atoms with Crippen molar-refractivity contribution in [2.75, 3.05) is 6.61 Å². The second-order valence-electron chi connectivity index (χ2n) is 11.7. The molecule has 252 valence electrons. The lowest BCUT2D eigenvalue weighted by Gasteiger charge is -2.27. The van der Waals surface area contributed by atoms with Crippen molar-refractivity contribution in [3.63, 3.8) is 0 Å².